The zero-order valence-corrected chi connectivity index (χ0v) is 13.6. The molecule has 0 fully saturated rings. The quantitative estimate of drug-likeness (QED) is 0.528. The van der Waals surface area contributed by atoms with E-state index in [2.05, 4.69) is 10.5 Å². The van der Waals surface area contributed by atoms with Gasteiger partial charge in [-0.2, -0.15) is 5.10 Å². The summed E-state index contributed by atoms with van der Waals surface area (Å²) >= 11 is 7.61. The molecule has 0 aliphatic rings. The largest absolute Gasteiger partial charge is 0.283 e. The molecular weight excluding hydrogens is 328 g/mol. The van der Waals surface area contributed by atoms with Crippen LogP contribution in [0.4, 0.5) is 0 Å². The van der Waals surface area contributed by atoms with Crippen LogP contribution in [-0.4, -0.2) is 12.1 Å². The Bertz CT molecular complexity index is 884. The van der Waals surface area contributed by atoms with E-state index in [-0.39, 0.29) is 5.91 Å². The van der Waals surface area contributed by atoms with Crippen molar-refractivity contribution in [3.05, 3.63) is 76.1 Å². The van der Waals surface area contributed by atoms with Crippen LogP contribution in [0.15, 0.2) is 65.8 Å². The third-order valence-corrected chi connectivity index (χ3v) is 4.83. The number of hydrogen-bond acceptors (Lipinski definition) is 3. The Balaban J connectivity index is 1.66. The molecule has 0 aliphatic heterocycles. The first-order valence-electron chi connectivity index (χ1n) is 6.98. The van der Waals surface area contributed by atoms with Crippen LogP contribution in [0.5, 0.6) is 0 Å². The van der Waals surface area contributed by atoms with Crippen LogP contribution in [0.3, 0.4) is 0 Å². The molecule has 0 unspecified atom stereocenters. The Kier molecular flexibility index (Phi) is 4.86. The van der Waals surface area contributed by atoms with Gasteiger partial charge in [-0.1, -0.05) is 66.2 Å². The number of nitrogens with one attached hydrogen (secondary N) is 1. The number of benzene rings is 2. The van der Waals surface area contributed by atoms with Crippen LogP contribution >= 0.6 is 22.9 Å². The number of fused-ring (bicyclic) bond motifs is 1. The highest BCUT2D eigenvalue weighted by Crippen LogP contribution is 2.34. The standard InChI is InChI=1S/C18H13ClN2OS/c19-16-14-10-4-5-11-15(14)23-17(16)18(22)21-20-12-6-9-13-7-2-1-3-8-13/h1-12H,(H,21,22)/b9-6+,20-12-. The van der Waals surface area contributed by atoms with Crippen LogP contribution in [-0.2, 0) is 0 Å². The lowest BCUT2D eigenvalue weighted by Gasteiger charge is -1.96. The molecule has 23 heavy (non-hydrogen) atoms. The third kappa shape index (κ3) is 3.67. The van der Waals surface area contributed by atoms with Crippen LogP contribution in [0.1, 0.15) is 15.2 Å². The number of nitrogens with zero attached hydrogens (tertiary/aromatic N) is 1. The van der Waals surface area contributed by atoms with E-state index in [4.69, 9.17) is 11.6 Å². The Labute approximate surface area is 142 Å². The SMILES string of the molecule is O=C(N/N=C\C=C\c1ccccc1)c1sc2ccccc2c1Cl. The number of hydrogen-bond donors (Lipinski definition) is 1. The average molecular weight is 341 g/mol. The van der Waals surface area contributed by atoms with Crippen molar-refractivity contribution in [1.82, 2.24) is 5.43 Å². The molecule has 0 saturated heterocycles. The molecule has 1 amide bonds. The zero-order valence-electron chi connectivity index (χ0n) is 12.1. The predicted molar refractivity (Wildman–Crippen MR) is 98.3 cm³/mol. The van der Waals surface area contributed by atoms with Gasteiger partial charge < -0.3 is 0 Å². The van der Waals surface area contributed by atoms with Crippen LogP contribution in [0.2, 0.25) is 5.02 Å². The molecule has 0 atom stereocenters. The first-order valence-corrected chi connectivity index (χ1v) is 8.17. The highest BCUT2D eigenvalue weighted by atomic mass is 35.5. The molecule has 0 spiro atoms. The van der Waals surface area contributed by atoms with Crippen molar-refractivity contribution in [1.29, 1.82) is 0 Å². The maximum atomic E-state index is 12.1. The number of hydrazone groups is 1. The topological polar surface area (TPSA) is 41.5 Å². The van der Waals surface area contributed by atoms with Crippen molar-refractivity contribution in [2.45, 2.75) is 0 Å². The summed E-state index contributed by atoms with van der Waals surface area (Å²) in [4.78, 5) is 12.6. The Hall–Kier alpha value is -2.43. The van der Waals surface area contributed by atoms with Gasteiger partial charge >= 0.3 is 0 Å². The van der Waals surface area contributed by atoms with Crippen LogP contribution < -0.4 is 5.43 Å². The molecule has 3 nitrogen and oxygen atoms in total. The summed E-state index contributed by atoms with van der Waals surface area (Å²) in [6.07, 6.45) is 5.20. The summed E-state index contributed by atoms with van der Waals surface area (Å²) in [5, 5.41) is 5.27. The molecule has 0 radical (unpaired) electrons. The van der Waals surface area contributed by atoms with E-state index >= 15 is 0 Å². The number of halogens is 1. The predicted octanol–water partition coefficient (Wildman–Crippen LogP) is 4.98. The summed E-state index contributed by atoms with van der Waals surface area (Å²) in [6.45, 7) is 0. The second-order valence-corrected chi connectivity index (χ2v) is 6.16. The van der Waals surface area contributed by atoms with Gasteiger partial charge in [0.25, 0.3) is 5.91 Å². The highest BCUT2D eigenvalue weighted by Gasteiger charge is 2.16. The minimum Gasteiger partial charge on any atom is -0.266 e. The van der Waals surface area contributed by atoms with Gasteiger partial charge in [-0.25, -0.2) is 5.43 Å². The maximum Gasteiger partial charge on any atom is 0.283 e. The molecule has 3 rings (SSSR count). The number of allylic oxidation sites excluding steroid dienone is 1. The summed E-state index contributed by atoms with van der Waals surface area (Å²) in [5.74, 6) is -0.305. The lowest BCUT2D eigenvalue weighted by atomic mass is 10.2. The molecule has 1 heterocycles. The van der Waals surface area contributed by atoms with E-state index in [1.165, 1.54) is 17.6 Å². The van der Waals surface area contributed by atoms with Gasteiger partial charge in [-0.05, 0) is 17.7 Å². The van der Waals surface area contributed by atoms with Gasteiger partial charge in [0.15, 0.2) is 0 Å². The lowest BCUT2D eigenvalue weighted by Crippen LogP contribution is -2.16. The number of amides is 1. The van der Waals surface area contributed by atoms with Gasteiger partial charge in [0.1, 0.15) is 4.88 Å². The van der Waals surface area contributed by atoms with E-state index in [9.17, 15) is 4.79 Å². The van der Waals surface area contributed by atoms with E-state index in [0.717, 1.165) is 15.6 Å². The summed E-state index contributed by atoms with van der Waals surface area (Å²) in [5.41, 5.74) is 3.56. The molecule has 0 aliphatic carbocycles. The molecule has 3 aromatic rings. The van der Waals surface area contributed by atoms with E-state index in [1.807, 2.05) is 60.7 Å². The first kappa shape index (κ1) is 15.5. The number of rotatable bonds is 4. The first-order chi connectivity index (χ1) is 11.3. The molecule has 0 bridgehead atoms. The minimum atomic E-state index is -0.305. The van der Waals surface area contributed by atoms with Crippen molar-refractivity contribution in [3.63, 3.8) is 0 Å². The van der Waals surface area contributed by atoms with Gasteiger partial charge in [0, 0.05) is 16.3 Å². The summed E-state index contributed by atoms with van der Waals surface area (Å²) in [6, 6.07) is 17.5. The molecule has 5 heteroatoms. The Morgan fingerprint density at radius 1 is 1.09 bits per heavy atom. The molecule has 114 valence electrons. The summed E-state index contributed by atoms with van der Waals surface area (Å²) < 4.78 is 0.982. The molecular formula is C18H13ClN2OS. The minimum absolute atomic E-state index is 0.305. The second-order valence-electron chi connectivity index (χ2n) is 4.73. The number of carbonyl (C=O) groups is 1. The van der Waals surface area contributed by atoms with Crippen molar-refractivity contribution in [3.8, 4) is 0 Å². The molecule has 1 aromatic heterocycles. The zero-order chi connectivity index (χ0) is 16.1. The van der Waals surface area contributed by atoms with Crippen molar-refractivity contribution >= 4 is 51.2 Å². The normalized spacial score (nSPS) is 11.5. The van der Waals surface area contributed by atoms with Crippen molar-refractivity contribution in [2.24, 2.45) is 5.10 Å². The second kappa shape index (κ2) is 7.22. The van der Waals surface area contributed by atoms with Gasteiger partial charge in [-0.15, -0.1) is 11.3 Å². The van der Waals surface area contributed by atoms with Gasteiger partial charge in [-0.3, -0.25) is 4.79 Å². The third-order valence-electron chi connectivity index (χ3n) is 3.16. The number of carbonyl (C=O) groups excluding carboxylic acids is 1. The maximum absolute atomic E-state index is 12.1. The monoisotopic (exact) mass is 340 g/mol. The van der Waals surface area contributed by atoms with E-state index in [0.29, 0.717) is 9.90 Å². The van der Waals surface area contributed by atoms with Crippen molar-refractivity contribution < 1.29 is 4.79 Å². The smallest absolute Gasteiger partial charge is 0.266 e. The lowest BCUT2D eigenvalue weighted by molar-refractivity contribution is 0.0959. The number of thiophene rings is 1. The van der Waals surface area contributed by atoms with Gasteiger partial charge in [0.2, 0.25) is 0 Å². The highest BCUT2D eigenvalue weighted by molar-refractivity contribution is 7.21. The Morgan fingerprint density at radius 2 is 1.83 bits per heavy atom. The fourth-order valence-electron chi connectivity index (χ4n) is 2.07. The van der Waals surface area contributed by atoms with Crippen LogP contribution in [0, 0.1) is 0 Å². The Morgan fingerprint density at radius 3 is 2.61 bits per heavy atom. The fraction of sp³-hybridized carbons (Fsp3) is 0. The van der Waals surface area contributed by atoms with Crippen LogP contribution in [0.25, 0.3) is 16.2 Å². The average Bonchev–Trinajstić information content (AvgIpc) is 2.93. The van der Waals surface area contributed by atoms with Crippen molar-refractivity contribution in [2.75, 3.05) is 0 Å². The fourth-order valence-corrected chi connectivity index (χ4v) is 3.47. The summed E-state index contributed by atoms with van der Waals surface area (Å²) in [7, 11) is 0. The molecule has 2 aromatic carbocycles. The van der Waals surface area contributed by atoms with E-state index < -0.39 is 0 Å². The molecule has 1 N–H and O–H groups in total. The van der Waals surface area contributed by atoms with E-state index in [1.54, 1.807) is 6.08 Å². The molecule has 0 saturated carbocycles. The van der Waals surface area contributed by atoms with Gasteiger partial charge in [0.05, 0.1) is 5.02 Å².